The van der Waals surface area contributed by atoms with Gasteiger partial charge in [0.15, 0.2) is 0 Å². The number of carbonyl (C=O) groups excluding carboxylic acids is 1. The lowest BCUT2D eigenvalue weighted by Crippen LogP contribution is -2.32. The van der Waals surface area contributed by atoms with E-state index in [0.717, 1.165) is 15.4 Å². The summed E-state index contributed by atoms with van der Waals surface area (Å²) in [6, 6.07) is 0. The molecule has 116 valence electrons. The molecule has 5 nitrogen and oxygen atoms in total. The van der Waals surface area contributed by atoms with Crippen LogP contribution in [-0.2, 0) is 9.53 Å². The maximum atomic E-state index is 12.0. The Labute approximate surface area is 128 Å². The predicted octanol–water partition coefficient (Wildman–Crippen LogP) is 2.86. The van der Waals surface area contributed by atoms with Gasteiger partial charge in [0.1, 0.15) is 5.00 Å². The summed E-state index contributed by atoms with van der Waals surface area (Å²) in [5.41, 5.74) is 1.39. The summed E-state index contributed by atoms with van der Waals surface area (Å²) >= 11 is 1.47. The number of methoxy groups -OCH3 is 1. The molecule has 1 atom stereocenters. The summed E-state index contributed by atoms with van der Waals surface area (Å²) in [7, 11) is 1.34. The first-order valence-electron chi connectivity index (χ1n) is 6.60. The maximum absolute atomic E-state index is 12.0. The van der Waals surface area contributed by atoms with Crippen molar-refractivity contribution in [3.63, 3.8) is 0 Å². The van der Waals surface area contributed by atoms with Crippen molar-refractivity contribution in [3.8, 4) is 0 Å². The first-order valence-corrected chi connectivity index (χ1v) is 7.42. The molecule has 0 fully saturated rings. The van der Waals surface area contributed by atoms with Crippen molar-refractivity contribution >= 4 is 28.3 Å². The fraction of sp³-hybridized carbons (Fsp3) is 0.467. The van der Waals surface area contributed by atoms with Crippen LogP contribution < -0.4 is 4.90 Å². The molecule has 0 amide bonds. The summed E-state index contributed by atoms with van der Waals surface area (Å²) in [6.45, 7) is 9.93. The Balaban J connectivity index is 3.24. The highest BCUT2D eigenvalue weighted by Gasteiger charge is 2.25. The highest BCUT2D eigenvalue weighted by Crippen LogP contribution is 2.36. The molecule has 6 heteroatoms. The first-order chi connectivity index (χ1) is 9.83. The van der Waals surface area contributed by atoms with Crippen molar-refractivity contribution in [2.75, 3.05) is 25.1 Å². The molecule has 1 rings (SSSR count). The molecule has 0 aliphatic rings. The molecular weight excluding hydrogens is 290 g/mol. The summed E-state index contributed by atoms with van der Waals surface area (Å²) in [5.74, 6) is -1.81. The molecule has 0 aromatic carbocycles. The zero-order valence-corrected chi connectivity index (χ0v) is 13.6. The van der Waals surface area contributed by atoms with E-state index < -0.39 is 17.9 Å². The third kappa shape index (κ3) is 3.85. The molecule has 1 unspecified atom stereocenters. The van der Waals surface area contributed by atoms with Crippen LogP contribution in [-0.4, -0.2) is 37.2 Å². The molecule has 1 aromatic heterocycles. The Morgan fingerprint density at radius 2 is 2.10 bits per heavy atom. The average Bonchev–Trinajstić information content (AvgIpc) is 2.73. The summed E-state index contributed by atoms with van der Waals surface area (Å²) in [4.78, 5) is 26.0. The largest absolute Gasteiger partial charge is 0.481 e. The minimum Gasteiger partial charge on any atom is -0.481 e. The van der Waals surface area contributed by atoms with Crippen molar-refractivity contribution in [2.24, 2.45) is 5.92 Å². The van der Waals surface area contributed by atoms with Crippen LogP contribution in [0.1, 0.15) is 27.7 Å². The molecular formula is C15H21NO4S. The third-order valence-electron chi connectivity index (χ3n) is 3.31. The second-order valence-corrected chi connectivity index (χ2v) is 6.09. The number of rotatable bonds is 7. The Morgan fingerprint density at radius 3 is 2.57 bits per heavy atom. The molecule has 0 spiro atoms. The lowest BCUT2D eigenvalue weighted by molar-refractivity contribution is -0.140. The number of carboxylic acids is 1. The fourth-order valence-electron chi connectivity index (χ4n) is 1.98. The zero-order valence-electron chi connectivity index (χ0n) is 12.8. The van der Waals surface area contributed by atoms with E-state index in [1.807, 2.05) is 18.7 Å². The molecule has 1 N–H and O–H groups in total. The Bertz CT molecular complexity index is 550. The van der Waals surface area contributed by atoms with E-state index in [-0.39, 0.29) is 0 Å². The highest BCUT2D eigenvalue weighted by atomic mass is 32.1. The Morgan fingerprint density at radius 1 is 1.48 bits per heavy atom. The number of aryl methyl sites for hydroxylation is 1. The van der Waals surface area contributed by atoms with Gasteiger partial charge in [-0.15, -0.1) is 17.9 Å². The Hall–Kier alpha value is -1.82. The predicted molar refractivity (Wildman–Crippen MR) is 84.3 cm³/mol. The number of aliphatic carboxylic acids is 1. The molecule has 0 aliphatic carbocycles. The molecule has 0 radical (unpaired) electrons. The van der Waals surface area contributed by atoms with Gasteiger partial charge in [-0.05, 0) is 19.4 Å². The number of hydrogen-bond acceptors (Lipinski definition) is 5. The minimum absolute atomic E-state index is 0.310. The van der Waals surface area contributed by atoms with Crippen LogP contribution in [0.3, 0.4) is 0 Å². The molecule has 21 heavy (non-hydrogen) atoms. The van der Waals surface area contributed by atoms with Crippen molar-refractivity contribution in [1.29, 1.82) is 0 Å². The molecule has 0 bridgehead atoms. The maximum Gasteiger partial charge on any atom is 0.341 e. The van der Waals surface area contributed by atoms with Gasteiger partial charge in [0.2, 0.25) is 0 Å². The van der Waals surface area contributed by atoms with Gasteiger partial charge in [0.25, 0.3) is 0 Å². The van der Waals surface area contributed by atoms with Gasteiger partial charge in [0.05, 0.1) is 18.6 Å². The number of hydrogen-bond donors (Lipinski definition) is 1. The van der Waals surface area contributed by atoms with E-state index in [9.17, 15) is 9.59 Å². The summed E-state index contributed by atoms with van der Waals surface area (Å²) in [6.07, 6.45) is 1.69. The molecule has 0 saturated carbocycles. The number of carbonyl (C=O) groups is 2. The third-order valence-corrected chi connectivity index (χ3v) is 4.58. The van der Waals surface area contributed by atoms with Gasteiger partial charge < -0.3 is 14.7 Å². The van der Waals surface area contributed by atoms with Gasteiger partial charge in [-0.3, -0.25) is 4.79 Å². The number of esters is 1. The van der Waals surface area contributed by atoms with E-state index in [1.54, 1.807) is 13.0 Å². The molecule has 0 aliphatic heterocycles. The SMILES string of the molecule is C=CCN(CC(C)C(=O)O)c1sc(C)c(C)c1C(=O)OC. The molecule has 0 saturated heterocycles. The van der Waals surface area contributed by atoms with E-state index in [0.29, 0.717) is 18.7 Å². The smallest absolute Gasteiger partial charge is 0.341 e. The van der Waals surface area contributed by atoms with Crippen LogP contribution >= 0.6 is 11.3 Å². The van der Waals surface area contributed by atoms with Crippen LogP contribution in [0.15, 0.2) is 12.7 Å². The van der Waals surface area contributed by atoms with Crippen molar-refractivity contribution in [3.05, 3.63) is 28.7 Å². The van der Waals surface area contributed by atoms with E-state index in [2.05, 4.69) is 6.58 Å². The quantitative estimate of drug-likeness (QED) is 0.619. The number of carboxylic acid groups (broad SMARTS) is 1. The molecule has 1 heterocycles. The van der Waals surface area contributed by atoms with Crippen LogP contribution in [0.25, 0.3) is 0 Å². The lowest BCUT2D eigenvalue weighted by atomic mass is 10.1. The summed E-state index contributed by atoms with van der Waals surface area (Å²) in [5, 5.41) is 9.83. The van der Waals surface area contributed by atoms with Gasteiger partial charge in [-0.2, -0.15) is 0 Å². The zero-order chi connectivity index (χ0) is 16.2. The van der Waals surface area contributed by atoms with Crippen LogP contribution in [0.2, 0.25) is 0 Å². The number of nitrogens with zero attached hydrogens (tertiary/aromatic N) is 1. The van der Waals surface area contributed by atoms with Crippen LogP contribution in [0.5, 0.6) is 0 Å². The van der Waals surface area contributed by atoms with Crippen LogP contribution in [0.4, 0.5) is 5.00 Å². The van der Waals surface area contributed by atoms with Gasteiger partial charge in [0, 0.05) is 18.0 Å². The lowest BCUT2D eigenvalue weighted by Gasteiger charge is -2.24. The monoisotopic (exact) mass is 311 g/mol. The Kier molecular flexibility index (Phi) is 5.96. The number of anilines is 1. The van der Waals surface area contributed by atoms with Gasteiger partial charge in [-0.25, -0.2) is 4.79 Å². The van der Waals surface area contributed by atoms with Gasteiger partial charge in [-0.1, -0.05) is 13.0 Å². The highest BCUT2D eigenvalue weighted by molar-refractivity contribution is 7.16. The van der Waals surface area contributed by atoms with Gasteiger partial charge >= 0.3 is 11.9 Å². The topological polar surface area (TPSA) is 66.8 Å². The normalized spacial score (nSPS) is 11.8. The van der Waals surface area contributed by atoms with Crippen LogP contribution in [0, 0.1) is 19.8 Å². The fourth-order valence-corrected chi connectivity index (χ4v) is 3.14. The average molecular weight is 311 g/mol. The summed E-state index contributed by atoms with van der Waals surface area (Å²) < 4.78 is 4.85. The van der Waals surface area contributed by atoms with Crippen molar-refractivity contribution in [1.82, 2.24) is 0 Å². The first kappa shape index (κ1) is 17.2. The van der Waals surface area contributed by atoms with E-state index >= 15 is 0 Å². The standard InChI is InChI=1S/C15H21NO4S/c1-6-7-16(8-9(2)14(17)18)13-12(15(19)20-5)10(3)11(4)21-13/h6,9H,1,7-8H2,2-5H3,(H,17,18). The van der Waals surface area contributed by atoms with Crippen molar-refractivity contribution in [2.45, 2.75) is 20.8 Å². The molecule has 1 aromatic rings. The second-order valence-electron chi connectivity index (χ2n) is 4.89. The van der Waals surface area contributed by atoms with E-state index in [4.69, 9.17) is 9.84 Å². The second kappa shape index (κ2) is 7.26. The number of thiophene rings is 1. The van der Waals surface area contributed by atoms with Crippen molar-refractivity contribution < 1.29 is 19.4 Å². The van der Waals surface area contributed by atoms with E-state index in [1.165, 1.54) is 18.4 Å². The number of ether oxygens (including phenoxy) is 1. The minimum atomic E-state index is -0.867.